The van der Waals surface area contributed by atoms with E-state index in [-0.39, 0.29) is 5.91 Å². The van der Waals surface area contributed by atoms with Gasteiger partial charge in [-0.05, 0) is 31.1 Å². The standard InChI is InChI=1S/C9H15NO/c1-6(11)10-9-5-7-2-3-8(9)4-7/h7-9H,2-5H2,1H3,(H,10,11)/t7-,8+,9-/m0/s1. The molecule has 2 bridgehead atoms. The topological polar surface area (TPSA) is 29.1 Å². The minimum atomic E-state index is 0.141. The Kier molecular flexibility index (Phi) is 1.63. The zero-order valence-electron chi connectivity index (χ0n) is 6.97. The third kappa shape index (κ3) is 1.26. The van der Waals surface area contributed by atoms with Crippen LogP contribution in [0.25, 0.3) is 0 Å². The van der Waals surface area contributed by atoms with Crippen LogP contribution in [0.4, 0.5) is 0 Å². The predicted octanol–water partition coefficient (Wildman–Crippen LogP) is 1.31. The summed E-state index contributed by atoms with van der Waals surface area (Å²) in [5.74, 6) is 1.88. The molecule has 0 aromatic carbocycles. The van der Waals surface area contributed by atoms with E-state index in [0.717, 1.165) is 11.8 Å². The summed E-state index contributed by atoms with van der Waals surface area (Å²) in [7, 11) is 0. The largest absolute Gasteiger partial charge is 0.353 e. The maximum absolute atomic E-state index is 10.8. The number of amides is 1. The molecule has 62 valence electrons. The summed E-state index contributed by atoms with van der Waals surface area (Å²) in [5, 5.41) is 3.03. The van der Waals surface area contributed by atoms with Gasteiger partial charge in [-0.3, -0.25) is 4.79 Å². The van der Waals surface area contributed by atoms with E-state index in [2.05, 4.69) is 5.32 Å². The summed E-state index contributed by atoms with van der Waals surface area (Å²) >= 11 is 0. The molecular weight excluding hydrogens is 138 g/mol. The van der Waals surface area contributed by atoms with Crippen molar-refractivity contribution in [1.29, 1.82) is 0 Å². The highest BCUT2D eigenvalue weighted by atomic mass is 16.1. The van der Waals surface area contributed by atoms with E-state index in [9.17, 15) is 4.79 Å². The second-order valence-corrected chi connectivity index (χ2v) is 3.98. The molecule has 0 aromatic rings. The summed E-state index contributed by atoms with van der Waals surface area (Å²) in [6.07, 6.45) is 5.35. The highest BCUT2D eigenvalue weighted by Crippen LogP contribution is 2.44. The van der Waals surface area contributed by atoms with Gasteiger partial charge in [0.1, 0.15) is 0 Å². The molecule has 0 aliphatic heterocycles. The van der Waals surface area contributed by atoms with E-state index in [0.29, 0.717) is 6.04 Å². The molecule has 2 nitrogen and oxygen atoms in total. The lowest BCUT2D eigenvalue weighted by Crippen LogP contribution is -2.36. The number of fused-ring (bicyclic) bond motifs is 2. The maximum Gasteiger partial charge on any atom is 0.217 e. The number of nitrogens with one attached hydrogen (secondary N) is 1. The third-order valence-corrected chi connectivity index (χ3v) is 3.13. The Balaban J connectivity index is 1.92. The average Bonchev–Trinajstić information content (AvgIpc) is 2.45. The first-order chi connectivity index (χ1) is 5.25. The van der Waals surface area contributed by atoms with Crippen LogP contribution in [-0.2, 0) is 4.79 Å². The number of hydrogen-bond donors (Lipinski definition) is 1. The van der Waals surface area contributed by atoms with Crippen LogP contribution in [0.2, 0.25) is 0 Å². The van der Waals surface area contributed by atoms with Crippen LogP contribution in [0.15, 0.2) is 0 Å². The van der Waals surface area contributed by atoms with E-state index < -0.39 is 0 Å². The molecule has 3 atom stereocenters. The Bertz CT molecular complexity index is 178. The van der Waals surface area contributed by atoms with E-state index >= 15 is 0 Å². The van der Waals surface area contributed by atoms with Gasteiger partial charge in [-0.1, -0.05) is 6.42 Å². The highest BCUT2D eigenvalue weighted by Gasteiger charge is 2.39. The van der Waals surface area contributed by atoms with Gasteiger partial charge >= 0.3 is 0 Å². The second-order valence-electron chi connectivity index (χ2n) is 3.98. The van der Waals surface area contributed by atoms with Gasteiger partial charge in [-0.15, -0.1) is 0 Å². The molecule has 1 amide bonds. The van der Waals surface area contributed by atoms with Crippen molar-refractivity contribution >= 4 is 5.91 Å². The number of carbonyl (C=O) groups excluding carboxylic acids is 1. The number of hydrogen-bond acceptors (Lipinski definition) is 1. The fourth-order valence-electron chi connectivity index (χ4n) is 2.68. The van der Waals surface area contributed by atoms with Gasteiger partial charge in [0, 0.05) is 13.0 Å². The molecule has 2 aliphatic carbocycles. The smallest absolute Gasteiger partial charge is 0.217 e. The molecule has 0 saturated heterocycles. The fourth-order valence-corrected chi connectivity index (χ4v) is 2.68. The highest BCUT2D eigenvalue weighted by molar-refractivity contribution is 5.73. The lowest BCUT2D eigenvalue weighted by molar-refractivity contribution is -0.120. The Morgan fingerprint density at radius 3 is 2.64 bits per heavy atom. The second kappa shape index (κ2) is 2.50. The quantitative estimate of drug-likeness (QED) is 0.604. The van der Waals surface area contributed by atoms with Crippen molar-refractivity contribution in [1.82, 2.24) is 5.32 Å². The molecular formula is C9H15NO. The first kappa shape index (κ1) is 7.14. The molecule has 0 aromatic heterocycles. The predicted molar refractivity (Wildman–Crippen MR) is 43.1 cm³/mol. The van der Waals surface area contributed by atoms with Crippen molar-refractivity contribution in [2.24, 2.45) is 11.8 Å². The van der Waals surface area contributed by atoms with Crippen molar-refractivity contribution in [3.8, 4) is 0 Å². The normalized spacial score (nSPS) is 41.0. The molecule has 2 fully saturated rings. The van der Waals surface area contributed by atoms with Crippen molar-refractivity contribution in [2.75, 3.05) is 0 Å². The van der Waals surface area contributed by atoms with Crippen LogP contribution in [-0.4, -0.2) is 11.9 Å². The SMILES string of the molecule is CC(=O)N[C@H]1C[C@H]2CC[C@@H]1C2. The van der Waals surface area contributed by atoms with Crippen LogP contribution < -0.4 is 5.32 Å². The molecule has 0 unspecified atom stereocenters. The van der Waals surface area contributed by atoms with Gasteiger partial charge in [-0.2, -0.15) is 0 Å². The average molecular weight is 153 g/mol. The van der Waals surface area contributed by atoms with Crippen molar-refractivity contribution in [3.63, 3.8) is 0 Å². The first-order valence-corrected chi connectivity index (χ1v) is 4.53. The minimum Gasteiger partial charge on any atom is -0.353 e. The van der Waals surface area contributed by atoms with E-state index in [1.54, 1.807) is 6.92 Å². The Morgan fingerprint density at radius 1 is 1.36 bits per heavy atom. The molecule has 11 heavy (non-hydrogen) atoms. The van der Waals surface area contributed by atoms with Gasteiger partial charge in [-0.25, -0.2) is 0 Å². The van der Waals surface area contributed by atoms with Crippen LogP contribution in [0, 0.1) is 11.8 Å². The van der Waals surface area contributed by atoms with Crippen LogP contribution >= 0.6 is 0 Å². The fraction of sp³-hybridized carbons (Fsp3) is 0.889. The molecule has 2 heteroatoms. The van der Waals surface area contributed by atoms with Gasteiger partial charge in [0.15, 0.2) is 0 Å². The molecule has 2 aliphatic rings. The van der Waals surface area contributed by atoms with Crippen LogP contribution in [0.3, 0.4) is 0 Å². The Morgan fingerprint density at radius 2 is 2.18 bits per heavy atom. The summed E-state index contributed by atoms with van der Waals surface area (Å²) in [6.45, 7) is 1.62. The zero-order valence-corrected chi connectivity index (χ0v) is 6.97. The molecule has 2 saturated carbocycles. The first-order valence-electron chi connectivity index (χ1n) is 4.53. The summed E-state index contributed by atoms with van der Waals surface area (Å²) in [5.41, 5.74) is 0. The van der Waals surface area contributed by atoms with Crippen LogP contribution in [0.1, 0.15) is 32.6 Å². The van der Waals surface area contributed by atoms with Crippen molar-refractivity contribution in [2.45, 2.75) is 38.6 Å². The van der Waals surface area contributed by atoms with Gasteiger partial charge in [0.2, 0.25) is 5.91 Å². The monoisotopic (exact) mass is 153 g/mol. The van der Waals surface area contributed by atoms with Gasteiger partial charge < -0.3 is 5.32 Å². The van der Waals surface area contributed by atoms with Gasteiger partial charge in [0.05, 0.1) is 0 Å². The minimum absolute atomic E-state index is 0.141. The maximum atomic E-state index is 10.8. The van der Waals surface area contributed by atoms with E-state index in [4.69, 9.17) is 0 Å². The summed E-state index contributed by atoms with van der Waals surface area (Å²) in [6, 6.07) is 0.520. The van der Waals surface area contributed by atoms with E-state index in [1.165, 1.54) is 25.7 Å². The van der Waals surface area contributed by atoms with Crippen LogP contribution in [0.5, 0.6) is 0 Å². The third-order valence-electron chi connectivity index (χ3n) is 3.13. The van der Waals surface area contributed by atoms with Crippen molar-refractivity contribution < 1.29 is 4.79 Å². The Hall–Kier alpha value is -0.530. The molecule has 0 radical (unpaired) electrons. The van der Waals surface area contributed by atoms with E-state index in [1.807, 2.05) is 0 Å². The van der Waals surface area contributed by atoms with Gasteiger partial charge in [0.25, 0.3) is 0 Å². The number of carbonyl (C=O) groups is 1. The lowest BCUT2D eigenvalue weighted by atomic mass is 9.95. The summed E-state index contributed by atoms with van der Waals surface area (Å²) < 4.78 is 0. The lowest BCUT2D eigenvalue weighted by Gasteiger charge is -2.21. The summed E-state index contributed by atoms with van der Waals surface area (Å²) in [4.78, 5) is 10.8. The molecule has 0 spiro atoms. The van der Waals surface area contributed by atoms with Crippen molar-refractivity contribution in [3.05, 3.63) is 0 Å². The number of rotatable bonds is 1. The Labute approximate surface area is 67.4 Å². The molecule has 0 heterocycles. The zero-order chi connectivity index (χ0) is 7.84. The molecule has 2 rings (SSSR count). The molecule has 1 N–H and O–H groups in total.